The van der Waals surface area contributed by atoms with Gasteiger partial charge in [-0.3, -0.25) is 9.59 Å². The molecule has 0 unspecified atom stereocenters. The van der Waals surface area contributed by atoms with E-state index in [0.29, 0.717) is 31.7 Å². The van der Waals surface area contributed by atoms with Crippen LogP contribution in [0, 0.1) is 12.8 Å². The van der Waals surface area contributed by atoms with E-state index in [9.17, 15) is 14.4 Å². The summed E-state index contributed by atoms with van der Waals surface area (Å²) in [5.74, 6) is -0.588. The first-order valence-electron chi connectivity index (χ1n) is 11.5. The normalized spacial score (nSPS) is 14.5. The minimum atomic E-state index is -0.840. The van der Waals surface area contributed by atoms with Crippen LogP contribution in [-0.4, -0.2) is 68.6 Å². The smallest absolute Gasteiger partial charge is 0.329 e. The largest absolute Gasteiger partial charge is 0.497 e. The molecule has 34 heavy (non-hydrogen) atoms. The molecule has 2 aromatic carbocycles. The van der Waals surface area contributed by atoms with Gasteiger partial charge in [-0.25, -0.2) is 4.79 Å². The van der Waals surface area contributed by atoms with Gasteiger partial charge in [0.2, 0.25) is 0 Å². The number of rotatable bonds is 8. The number of ether oxygens (including phenoxy) is 2. The average molecular weight is 468 g/mol. The zero-order chi connectivity index (χ0) is 24.7. The van der Waals surface area contributed by atoms with Gasteiger partial charge in [-0.2, -0.15) is 0 Å². The number of nitrogens with zero attached hydrogens (tertiary/aromatic N) is 2. The standard InChI is InChI=1S/C26H33N3O5/c1-18(2)24(27-25(31)20-7-5-6-19(3)16-20)26(32)34-17-23(30)29-14-12-28(13-15-29)21-8-10-22(33-4)11-9-21/h5-11,16,18,24H,12-15,17H2,1-4H3,(H,27,31)/t24-/m0/s1. The molecule has 1 fully saturated rings. The highest BCUT2D eigenvalue weighted by Crippen LogP contribution is 2.20. The van der Waals surface area contributed by atoms with Crippen molar-refractivity contribution in [2.45, 2.75) is 26.8 Å². The molecular formula is C26H33N3O5. The van der Waals surface area contributed by atoms with E-state index in [1.807, 2.05) is 51.1 Å². The molecule has 0 saturated carbocycles. The maximum absolute atomic E-state index is 12.7. The second kappa shape index (κ2) is 11.5. The summed E-state index contributed by atoms with van der Waals surface area (Å²) >= 11 is 0. The van der Waals surface area contributed by atoms with Gasteiger partial charge in [0.05, 0.1) is 7.11 Å². The number of anilines is 1. The van der Waals surface area contributed by atoms with E-state index in [0.717, 1.165) is 17.0 Å². The highest BCUT2D eigenvalue weighted by Gasteiger charge is 2.28. The topological polar surface area (TPSA) is 88.2 Å². The first kappa shape index (κ1) is 25.1. The van der Waals surface area contributed by atoms with Crippen molar-refractivity contribution in [2.24, 2.45) is 5.92 Å². The molecule has 182 valence electrons. The van der Waals surface area contributed by atoms with E-state index < -0.39 is 12.0 Å². The molecule has 0 aliphatic carbocycles. The third-order valence-corrected chi connectivity index (χ3v) is 5.90. The molecule has 0 spiro atoms. The molecule has 1 N–H and O–H groups in total. The highest BCUT2D eigenvalue weighted by molar-refractivity contribution is 5.97. The number of aryl methyl sites for hydroxylation is 1. The van der Waals surface area contributed by atoms with Crippen LogP contribution < -0.4 is 15.0 Å². The van der Waals surface area contributed by atoms with Gasteiger partial charge < -0.3 is 24.6 Å². The SMILES string of the molecule is COc1ccc(N2CCN(C(=O)COC(=O)[C@@H](NC(=O)c3cccc(C)c3)C(C)C)CC2)cc1. The monoisotopic (exact) mass is 467 g/mol. The molecule has 1 saturated heterocycles. The van der Waals surface area contributed by atoms with Crippen LogP contribution in [0.3, 0.4) is 0 Å². The molecule has 1 heterocycles. The first-order chi connectivity index (χ1) is 16.3. The Morgan fingerprint density at radius 2 is 1.68 bits per heavy atom. The Hall–Kier alpha value is -3.55. The molecule has 1 atom stereocenters. The summed E-state index contributed by atoms with van der Waals surface area (Å²) in [6, 6.07) is 14.1. The van der Waals surface area contributed by atoms with Gasteiger partial charge in [0.1, 0.15) is 11.8 Å². The number of carbonyl (C=O) groups excluding carboxylic acids is 3. The van der Waals surface area contributed by atoms with Gasteiger partial charge >= 0.3 is 5.97 Å². The Kier molecular flexibility index (Phi) is 8.51. The Morgan fingerprint density at radius 3 is 2.26 bits per heavy atom. The average Bonchev–Trinajstić information content (AvgIpc) is 2.85. The van der Waals surface area contributed by atoms with Crippen LogP contribution in [0.15, 0.2) is 48.5 Å². The molecular weight excluding hydrogens is 434 g/mol. The van der Waals surface area contributed by atoms with E-state index >= 15 is 0 Å². The molecule has 1 aliphatic rings. The molecule has 1 aliphatic heterocycles. The second-order valence-electron chi connectivity index (χ2n) is 8.74. The number of amides is 2. The maximum Gasteiger partial charge on any atom is 0.329 e. The molecule has 0 aromatic heterocycles. The van der Waals surface area contributed by atoms with Crippen molar-refractivity contribution in [1.82, 2.24) is 10.2 Å². The van der Waals surface area contributed by atoms with Crippen molar-refractivity contribution in [2.75, 3.05) is 44.8 Å². The zero-order valence-corrected chi connectivity index (χ0v) is 20.2. The second-order valence-corrected chi connectivity index (χ2v) is 8.74. The third kappa shape index (κ3) is 6.50. The number of piperazine rings is 1. The Labute approximate surface area is 200 Å². The van der Waals surface area contributed by atoms with Crippen LogP contribution in [0.25, 0.3) is 0 Å². The molecule has 2 amide bonds. The number of esters is 1. The van der Waals surface area contributed by atoms with Crippen LogP contribution in [0.5, 0.6) is 5.75 Å². The summed E-state index contributed by atoms with van der Waals surface area (Å²) in [5.41, 5.74) is 2.50. The van der Waals surface area contributed by atoms with Crippen molar-refractivity contribution < 1.29 is 23.9 Å². The van der Waals surface area contributed by atoms with Crippen molar-refractivity contribution in [1.29, 1.82) is 0 Å². The Balaban J connectivity index is 1.48. The number of benzene rings is 2. The van der Waals surface area contributed by atoms with Crippen LogP contribution >= 0.6 is 0 Å². The van der Waals surface area contributed by atoms with Crippen molar-refractivity contribution in [3.05, 3.63) is 59.7 Å². The summed E-state index contributed by atoms with van der Waals surface area (Å²) in [5, 5.41) is 2.74. The zero-order valence-electron chi connectivity index (χ0n) is 20.2. The van der Waals surface area contributed by atoms with E-state index in [1.54, 1.807) is 30.2 Å². The molecule has 0 bridgehead atoms. The van der Waals surface area contributed by atoms with Crippen molar-refractivity contribution in [3.63, 3.8) is 0 Å². The lowest BCUT2D eigenvalue weighted by molar-refractivity contribution is -0.154. The molecule has 0 radical (unpaired) electrons. The quantitative estimate of drug-likeness (QED) is 0.601. The number of hydrogen-bond donors (Lipinski definition) is 1. The minimum Gasteiger partial charge on any atom is -0.497 e. The van der Waals surface area contributed by atoms with Gasteiger partial charge in [-0.15, -0.1) is 0 Å². The van der Waals surface area contributed by atoms with Crippen LogP contribution in [0.2, 0.25) is 0 Å². The lowest BCUT2D eigenvalue weighted by Gasteiger charge is -2.36. The minimum absolute atomic E-state index is 0.190. The van der Waals surface area contributed by atoms with Crippen LogP contribution in [0.4, 0.5) is 5.69 Å². The summed E-state index contributed by atoms with van der Waals surface area (Å²) in [4.78, 5) is 41.8. The van der Waals surface area contributed by atoms with Crippen molar-refractivity contribution in [3.8, 4) is 5.75 Å². The van der Waals surface area contributed by atoms with Gasteiger partial charge in [0.25, 0.3) is 11.8 Å². The lowest BCUT2D eigenvalue weighted by atomic mass is 10.0. The summed E-state index contributed by atoms with van der Waals surface area (Å²) in [6.07, 6.45) is 0. The lowest BCUT2D eigenvalue weighted by Crippen LogP contribution is -2.50. The van der Waals surface area contributed by atoms with E-state index in [1.165, 1.54) is 0 Å². The summed E-state index contributed by atoms with van der Waals surface area (Å²) in [7, 11) is 1.63. The number of hydrogen-bond acceptors (Lipinski definition) is 6. The predicted molar refractivity (Wildman–Crippen MR) is 130 cm³/mol. The van der Waals surface area contributed by atoms with Crippen LogP contribution in [0.1, 0.15) is 29.8 Å². The third-order valence-electron chi connectivity index (χ3n) is 5.90. The Morgan fingerprint density at radius 1 is 1.00 bits per heavy atom. The van der Waals surface area contributed by atoms with E-state index in [-0.39, 0.29) is 24.3 Å². The number of carbonyl (C=O) groups is 3. The fourth-order valence-corrected chi connectivity index (χ4v) is 3.83. The number of nitrogens with one attached hydrogen (secondary N) is 1. The highest BCUT2D eigenvalue weighted by atomic mass is 16.5. The summed E-state index contributed by atoms with van der Waals surface area (Å²) in [6.45, 7) is 7.66. The van der Waals surface area contributed by atoms with E-state index in [2.05, 4.69) is 10.2 Å². The first-order valence-corrected chi connectivity index (χ1v) is 11.5. The molecule has 2 aromatic rings. The summed E-state index contributed by atoms with van der Waals surface area (Å²) < 4.78 is 10.5. The van der Waals surface area contributed by atoms with Gasteiger partial charge in [-0.1, -0.05) is 31.5 Å². The van der Waals surface area contributed by atoms with Gasteiger partial charge in [-0.05, 0) is 49.2 Å². The fraction of sp³-hybridized carbons (Fsp3) is 0.423. The van der Waals surface area contributed by atoms with Crippen LogP contribution in [-0.2, 0) is 14.3 Å². The maximum atomic E-state index is 12.7. The number of methoxy groups -OCH3 is 1. The fourth-order valence-electron chi connectivity index (χ4n) is 3.83. The van der Waals surface area contributed by atoms with Gasteiger partial charge in [0, 0.05) is 37.4 Å². The Bertz CT molecular complexity index is 998. The molecule has 3 rings (SSSR count). The molecule has 8 nitrogen and oxygen atoms in total. The molecule has 8 heteroatoms. The van der Waals surface area contributed by atoms with Crippen molar-refractivity contribution >= 4 is 23.5 Å². The van der Waals surface area contributed by atoms with Gasteiger partial charge in [0.15, 0.2) is 6.61 Å². The predicted octanol–water partition coefficient (Wildman–Crippen LogP) is 2.65. The van der Waals surface area contributed by atoms with E-state index in [4.69, 9.17) is 9.47 Å².